The summed E-state index contributed by atoms with van der Waals surface area (Å²) < 4.78 is 0. The topological polar surface area (TPSA) is 72.2 Å². The summed E-state index contributed by atoms with van der Waals surface area (Å²) in [4.78, 5) is 22.2. The molecule has 0 aliphatic heterocycles. The minimum atomic E-state index is -0.489. The second-order valence-electron chi connectivity index (χ2n) is 4.91. The van der Waals surface area contributed by atoms with Crippen LogP contribution in [0.5, 0.6) is 0 Å². The Hall–Kier alpha value is -2.69. The Bertz CT molecular complexity index is 648. The van der Waals surface area contributed by atoms with E-state index < -0.39 is 4.92 Å². The van der Waals surface area contributed by atoms with Crippen molar-refractivity contribution >= 4 is 11.6 Å². The van der Waals surface area contributed by atoms with Gasteiger partial charge in [0.15, 0.2) is 0 Å². The molecule has 2 rings (SSSR count). The monoisotopic (exact) mass is 284 g/mol. The van der Waals surface area contributed by atoms with E-state index in [9.17, 15) is 14.9 Å². The number of carbonyl (C=O) groups is 1. The maximum atomic E-state index is 12.1. The number of hydrogen-bond acceptors (Lipinski definition) is 3. The summed E-state index contributed by atoms with van der Waals surface area (Å²) in [5.74, 6) is -0.252. The predicted molar refractivity (Wildman–Crippen MR) is 80.2 cm³/mol. The zero-order chi connectivity index (χ0) is 15.4. The number of non-ortho nitro benzene ring substituents is 1. The number of amides is 1. The van der Waals surface area contributed by atoms with Gasteiger partial charge in [-0.3, -0.25) is 14.9 Å². The lowest BCUT2D eigenvalue weighted by Gasteiger charge is -2.14. The normalized spacial score (nSPS) is 11.7. The van der Waals surface area contributed by atoms with E-state index in [1.165, 1.54) is 24.3 Å². The zero-order valence-corrected chi connectivity index (χ0v) is 11.9. The third kappa shape index (κ3) is 3.66. The molecule has 21 heavy (non-hydrogen) atoms. The Balaban J connectivity index is 2.06. The van der Waals surface area contributed by atoms with Gasteiger partial charge in [-0.05, 0) is 31.5 Å². The number of nitro benzene ring substituents is 1. The van der Waals surface area contributed by atoms with Gasteiger partial charge in [-0.2, -0.15) is 0 Å². The Morgan fingerprint density at radius 3 is 2.19 bits per heavy atom. The van der Waals surface area contributed by atoms with Crippen LogP contribution in [0.1, 0.15) is 34.5 Å². The largest absolute Gasteiger partial charge is 0.346 e. The highest BCUT2D eigenvalue weighted by Gasteiger charge is 2.13. The number of carbonyl (C=O) groups excluding carboxylic acids is 1. The van der Waals surface area contributed by atoms with Gasteiger partial charge in [-0.15, -0.1) is 0 Å². The highest BCUT2D eigenvalue weighted by molar-refractivity contribution is 5.94. The molecule has 0 fully saturated rings. The van der Waals surface area contributed by atoms with Crippen molar-refractivity contribution in [3.63, 3.8) is 0 Å². The van der Waals surface area contributed by atoms with Crippen molar-refractivity contribution in [2.45, 2.75) is 19.9 Å². The molecule has 0 saturated carbocycles. The number of hydrogen-bond donors (Lipinski definition) is 1. The van der Waals surface area contributed by atoms with E-state index in [2.05, 4.69) is 5.32 Å². The molecule has 0 aromatic heterocycles. The fourth-order valence-electron chi connectivity index (χ4n) is 1.95. The summed E-state index contributed by atoms with van der Waals surface area (Å²) in [6, 6.07) is 13.3. The van der Waals surface area contributed by atoms with E-state index >= 15 is 0 Å². The first-order valence-corrected chi connectivity index (χ1v) is 6.59. The highest BCUT2D eigenvalue weighted by atomic mass is 16.6. The number of nitrogens with one attached hydrogen (secondary N) is 1. The maximum absolute atomic E-state index is 12.1. The standard InChI is InChI=1S/C16H16N2O3/c1-11-3-5-13(6-4-11)12(2)17-16(19)14-7-9-15(10-8-14)18(20)21/h3-10,12H,1-2H3,(H,17,19)/t12-/m1/s1. The number of rotatable bonds is 4. The zero-order valence-electron chi connectivity index (χ0n) is 11.9. The van der Waals surface area contributed by atoms with Crippen LogP contribution in [0.25, 0.3) is 0 Å². The fraction of sp³-hybridized carbons (Fsp3) is 0.188. The molecule has 0 spiro atoms. The second-order valence-corrected chi connectivity index (χ2v) is 4.91. The van der Waals surface area contributed by atoms with Crippen LogP contribution < -0.4 is 5.32 Å². The quantitative estimate of drug-likeness (QED) is 0.691. The van der Waals surface area contributed by atoms with Crippen LogP contribution in [0.3, 0.4) is 0 Å². The lowest BCUT2D eigenvalue weighted by Crippen LogP contribution is -2.26. The van der Waals surface area contributed by atoms with Crippen molar-refractivity contribution in [1.82, 2.24) is 5.32 Å². The van der Waals surface area contributed by atoms with Crippen molar-refractivity contribution in [2.24, 2.45) is 0 Å². The Morgan fingerprint density at radius 2 is 1.67 bits per heavy atom. The van der Waals surface area contributed by atoms with Crippen molar-refractivity contribution < 1.29 is 9.72 Å². The van der Waals surface area contributed by atoms with Crippen LogP contribution in [0, 0.1) is 17.0 Å². The minimum absolute atomic E-state index is 0.0295. The third-order valence-corrected chi connectivity index (χ3v) is 3.27. The van der Waals surface area contributed by atoms with E-state index in [4.69, 9.17) is 0 Å². The lowest BCUT2D eigenvalue weighted by molar-refractivity contribution is -0.384. The molecular weight excluding hydrogens is 268 g/mol. The molecular formula is C16H16N2O3. The first-order chi connectivity index (χ1) is 9.97. The molecule has 2 aromatic rings. The molecule has 5 nitrogen and oxygen atoms in total. The maximum Gasteiger partial charge on any atom is 0.269 e. The molecule has 0 bridgehead atoms. The van der Waals surface area contributed by atoms with Gasteiger partial charge in [-0.25, -0.2) is 0 Å². The summed E-state index contributed by atoms with van der Waals surface area (Å²) in [5.41, 5.74) is 2.54. The first kappa shape index (κ1) is 14.7. The summed E-state index contributed by atoms with van der Waals surface area (Å²) in [5, 5.41) is 13.4. The molecule has 0 saturated heterocycles. The van der Waals surface area contributed by atoms with Gasteiger partial charge in [0.25, 0.3) is 11.6 Å². The van der Waals surface area contributed by atoms with Crippen LogP contribution in [0.4, 0.5) is 5.69 Å². The van der Waals surface area contributed by atoms with E-state index in [1.807, 2.05) is 38.1 Å². The van der Waals surface area contributed by atoms with Gasteiger partial charge < -0.3 is 5.32 Å². The molecule has 0 aliphatic rings. The van der Waals surface area contributed by atoms with E-state index in [1.54, 1.807) is 0 Å². The summed E-state index contributed by atoms with van der Waals surface area (Å²) in [6.45, 7) is 3.90. The van der Waals surface area contributed by atoms with Crippen molar-refractivity contribution in [3.05, 3.63) is 75.3 Å². The molecule has 0 radical (unpaired) electrons. The van der Waals surface area contributed by atoms with Crippen LogP contribution in [-0.2, 0) is 0 Å². The van der Waals surface area contributed by atoms with Crippen LogP contribution in [0.15, 0.2) is 48.5 Å². The van der Waals surface area contributed by atoms with Crippen LogP contribution in [-0.4, -0.2) is 10.8 Å². The van der Waals surface area contributed by atoms with Crippen molar-refractivity contribution in [3.8, 4) is 0 Å². The summed E-state index contributed by atoms with van der Waals surface area (Å²) >= 11 is 0. The lowest BCUT2D eigenvalue weighted by atomic mass is 10.1. The van der Waals surface area contributed by atoms with E-state index in [0.717, 1.165) is 11.1 Å². The van der Waals surface area contributed by atoms with Gasteiger partial charge >= 0.3 is 0 Å². The van der Waals surface area contributed by atoms with Gasteiger partial charge in [0.1, 0.15) is 0 Å². The van der Waals surface area contributed by atoms with E-state index in [-0.39, 0.29) is 17.6 Å². The molecule has 0 unspecified atom stereocenters. The molecule has 1 amide bonds. The number of benzene rings is 2. The van der Waals surface area contributed by atoms with Gasteiger partial charge in [0.2, 0.25) is 0 Å². The molecule has 0 heterocycles. The molecule has 2 aromatic carbocycles. The second kappa shape index (κ2) is 6.17. The summed E-state index contributed by atoms with van der Waals surface area (Å²) in [6.07, 6.45) is 0. The fourth-order valence-corrected chi connectivity index (χ4v) is 1.95. The Kier molecular flexibility index (Phi) is 4.33. The summed E-state index contributed by atoms with van der Waals surface area (Å²) in [7, 11) is 0. The van der Waals surface area contributed by atoms with Crippen molar-refractivity contribution in [1.29, 1.82) is 0 Å². The van der Waals surface area contributed by atoms with E-state index in [0.29, 0.717) is 5.56 Å². The minimum Gasteiger partial charge on any atom is -0.346 e. The Labute approximate surface area is 122 Å². The average Bonchev–Trinajstić information content (AvgIpc) is 2.47. The third-order valence-electron chi connectivity index (χ3n) is 3.27. The number of aryl methyl sites for hydroxylation is 1. The van der Waals surface area contributed by atoms with Gasteiger partial charge in [0, 0.05) is 17.7 Å². The smallest absolute Gasteiger partial charge is 0.269 e. The van der Waals surface area contributed by atoms with Crippen LogP contribution >= 0.6 is 0 Å². The number of nitrogens with zero attached hydrogens (tertiary/aromatic N) is 1. The van der Waals surface area contributed by atoms with Crippen LogP contribution in [0.2, 0.25) is 0 Å². The van der Waals surface area contributed by atoms with Crippen molar-refractivity contribution in [2.75, 3.05) is 0 Å². The average molecular weight is 284 g/mol. The molecule has 1 atom stereocenters. The predicted octanol–water partition coefficient (Wildman–Crippen LogP) is 3.39. The molecule has 1 N–H and O–H groups in total. The van der Waals surface area contributed by atoms with Gasteiger partial charge in [0.05, 0.1) is 11.0 Å². The SMILES string of the molecule is Cc1ccc([C@@H](C)NC(=O)c2ccc([N+](=O)[O-])cc2)cc1. The molecule has 108 valence electrons. The molecule has 5 heteroatoms. The molecule has 0 aliphatic carbocycles. The Morgan fingerprint density at radius 1 is 1.10 bits per heavy atom. The first-order valence-electron chi connectivity index (χ1n) is 6.59. The van der Waals surface area contributed by atoms with Gasteiger partial charge in [-0.1, -0.05) is 29.8 Å². The number of nitro groups is 1. The highest BCUT2D eigenvalue weighted by Crippen LogP contribution is 2.15.